The van der Waals surface area contributed by atoms with Crippen molar-refractivity contribution in [1.29, 1.82) is 0 Å². The number of carbonyl (C=O) groups is 1. The Morgan fingerprint density at radius 1 is 1.35 bits per heavy atom. The minimum Gasteiger partial charge on any atom is -0.342 e. The van der Waals surface area contributed by atoms with Crippen molar-refractivity contribution < 1.29 is 4.79 Å². The van der Waals surface area contributed by atoms with Gasteiger partial charge in [-0.05, 0) is 31.9 Å². The molecule has 1 aromatic heterocycles. The predicted octanol–water partition coefficient (Wildman–Crippen LogP) is 2.50. The van der Waals surface area contributed by atoms with Crippen LogP contribution < -0.4 is 5.73 Å². The molecule has 124 valence electrons. The van der Waals surface area contributed by atoms with Crippen LogP contribution in [0.1, 0.15) is 45.0 Å². The van der Waals surface area contributed by atoms with Gasteiger partial charge in [-0.2, -0.15) is 0 Å². The van der Waals surface area contributed by atoms with Crippen LogP contribution in [0.3, 0.4) is 0 Å². The monoisotopic (exact) mass is 314 g/mol. The maximum absolute atomic E-state index is 12.2. The van der Waals surface area contributed by atoms with Crippen LogP contribution in [-0.4, -0.2) is 39.5 Å². The number of nitrogens with zero attached hydrogens (tertiary/aromatic N) is 3. The minimum absolute atomic E-state index is 0.0653. The van der Waals surface area contributed by atoms with E-state index in [-0.39, 0.29) is 11.9 Å². The van der Waals surface area contributed by atoms with Crippen LogP contribution in [0.5, 0.6) is 0 Å². The largest absolute Gasteiger partial charge is 0.342 e. The number of imidazole rings is 1. The molecule has 2 N–H and O–H groups in total. The molecule has 2 aromatic rings. The Hall–Kier alpha value is -1.88. The van der Waals surface area contributed by atoms with Crippen LogP contribution in [0.2, 0.25) is 0 Å². The summed E-state index contributed by atoms with van der Waals surface area (Å²) in [6.45, 7) is 5.66. The van der Waals surface area contributed by atoms with E-state index < -0.39 is 0 Å². The zero-order valence-corrected chi connectivity index (χ0v) is 14.0. The highest BCUT2D eigenvalue weighted by Gasteiger charge is 2.26. The van der Waals surface area contributed by atoms with Crippen molar-refractivity contribution in [3.8, 4) is 0 Å². The number of hydrogen-bond acceptors (Lipinski definition) is 3. The number of aryl methyl sites for hydroxylation is 1. The normalized spacial score (nSPS) is 17.6. The van der Waals surface area contributed by atoms with Gasteiger partial charge in [-0.1, -0.05) is 19.1 Å². The number of rotatable bonds is 4. The van der Waals surface area contributed by atoms with Crippen LogP contribution in [0.15, 0.2) is 24.3 Å². The molecular weight excluding hydrogens is 288 g/mol. The molecule has 23 heavy (non-hydrogen) atoms. The van der Waals surface area contributed by atoms with Gasteiger partial charge in [0, 0.05) is 38.0 Å². The van der Waals surface area contributed by atoms with Gasteiger partial charge in [0.1, 0.15) is 5.82 Å². The lowest BCUT2D eigenvalue weighted by Gasteiger charge is -2.34. The second kappa shape index (κ2) is 6.71. The van der Waals surface area contributed by atoms with Crippen molar-refractivity contribution in [3.63, 3.8) is 0 Å². The third-order valence-electron chi connectivity index (χ3n) is 4.66. The number of hydrogen-bond donors (Lipinski definition) is 1. The topological polar surface area (TPSA) is 64.2 Å². The highest BCUT2D eigenvalue weighted by Crippen LogP contribution is 2.29. The van der Waals surface area contributed by atoms with Gasteiger partial charge in [0.2, 0.25) is 5.91 Å². The molecule has 0 aliphatic carbocycles. The average Bonchev–Trinajstić information content (AvgIpc) is 2.93. The molecule has 0 saturated carbocycles. The number of carbonyl (C=O) groups excluding carboxylic acids is 1. The number of piperidine rings is 1. The number of aromatic nitrogens is 2. The Balaban J connectivity index is 1.76. The fourth-order valence-corrected chi connectivity index (χ4v) is 3.53. The van der Waals surface area contributed by atoms with Crippen molar-refractivity contribution in [2.45, 2.75) is 51.6 Å². The smallest absolute Gasteiger partial charge is 0.224 e. The number of benzene rings is 1. The predicted molar refractivity (Wildman–Crippen MR) is 92.2 cm³/mol. The average molecular weight is 314 g/mol. The van der Waals surface area contributed by atoms with Gasteiger partial charge in [0.25, 0.3) is 0 Å². The van der Waals surface area contributed by atoms with Crippen LogP contribution in [0.4, 0.5) is 0 Å². The first-order valence-corrected chi connectivity index (χ1v) is 8.59. The SMILES string of the molecule is CCc1nc2ccccc2n1C1CCN(C(=O)CC(C)N)CC1. The number of para-hydroxylation sites is 2. The molecule has 1 unspecified atom stereocenters. The first kappa shape index (κ1) is 16.0. The van der Waals surface area contributed by atoms with E-state index >= 15 is 0 Å². The Morgan fingerprint density at radius 2 is 2.04 bits per heavy atom. The quantitative estimate of drug-likeness (QED) is 0.943. The summed E-state index contributed by atoms with van der Waals surface area (Å²) in [6.07, 6.45) is 3.34. The fourth-order valence-electron chi connectivity index (χ4n) is 3.53. The number of nitrogens with two attached hydrogens (primary N) is 1. The first-order valence-electron chi connectivity index (χ1n) is 8.59. The van der Waals surface area contributed by atoms with E-state index in [0.717, 1.165) is 43.7 Å². The maximum atomic E-state index is 12.2. The Bertz CT molecular complexity index is 683. The van der Waals surface area contributed by atoms with E-state index in [4.69, 9.17) is 10.7 Å². The lowest BCUT2D eigenvalue weighted by Crippen LogP contribution is -2.41. The molecule has 1 aliphatic heterocycles. The molecule has 1 fully saturated rings. The molecule has 1 aromatic carbocycles. The van der Waals surface area contributed by atoms with Gasteiger partial charge < -0.3 is 15.2 Å². The molecule has 5 heteroatoms. The molecule has 2 heterocycles. The molecule has 0 bridgehead atoms. The van der Waals surface area contributed by atoms with Crippen molar-refractivity contribution >= 4 is 16.9 Å². The number of likely N-dealkylation sites (tertiary alicyclic amines) is 1. The molecule has 1 atom stereocenters. The number of fused-ring (bicyclic) bond motifs is 1. The Morgan fingerprint density at radius 3 is 2.70 bits per heavy atom. The van der Waals surface area contributed by atoms with E-state index in [0.29, 0.717) is 12.5 Å². The summed E-state index contributed by atoms with van der Waals surface area (Å²) in [4.78, 5) is 18.9. The van der Waals surface area contributed by atoms with Crippen LogP contribution in [0, 0.1) is 0 Å². The summed E-state index contributed by atoms with van der Waals surface area (Å²) in [6, 6.07) is 8.69. The summed E-state index contributed by atoms with van der Waals surface area (Å²) < 4.78 is 2.39. The summed E-state index contributed by atoms with van der Waals surface area (Å²) >= 11 is 0. The highest BCUT2D eigenvalue weighted by atomic mass is 16.2. The molecular formula is C18H26N4O. The molecule has 1 saturated heterocycles. The Kier molecular flexibility index (Phi) is 4.66. The van der Waals surface area contributed by atoms with Gasteiger partial charge in [-0.15, -0.1) is 0 Å². The second-order valence-corrected chi connectivity index (χ2v) is 6.53. The van der Waals surface area contributed by atoms with Gasteiger partial charge >= 0.3 is 0 Å². The second-order valence-electron chi connectivity index (χ2n) is 6.53. The summed E-state index contributed by atoms with van der Waals surface area (Å²) in [5, 5.41) is 0. The van der Waals surface area contributed by atoms with E-state index in [2.05, 4.69) is 29.7 Å². The number of amides is 1. The maximum Gasteiger partial charge on any atom is 0.224 e. The fraction of sp³-hybridized carbons (Fsp3) is 0.556. The molecule has 1 aliphatic rings. The molecule has 3 rings (SSSR count). The molecule has 0 spiro atoms. The molecule has 5 nitrogen and oxygen atoms in total. The van der Waals surface area contributed by atoms with E-state index in [1.807, 2.05) is 17.9 Å². The Labute approximate surface area is 137 Å². The van der Waals surface area contributed by atoms with Crippen LogP contribution in [0.25, 0.3) is 11.0 Å². The zero-order chi connectivity index (χ0) is 16.4. The van der Waals surface area contributed by atoms with Gasteiger partial charge in [-0.3, -0.25) is 4.79 Å². The summed E-state index contributed by atoms with van der Waals surface area (Å²) in [7, 11) is 0. The van der Waals surface area contributed by atoms with Crippen LogP contribution in [-0.2, 0) is 11.2 Å². The minimum atomic E-state index is -0.0653. The van der Waals surface area contributed by atoms with Crippen molar-refractivity contribution in [1.82, 2.24) is 14.5 Å². The lowest BCUT2D eigenvalue weighted by atomic mass is 10.0. The third kappa shape index (κ3) is 3.24. The third-order valence-corrected chi connectivity index (χ3v) is 4.66. The summed E-state index contributed by atoms with van der Waals surface area (Å²) in [5.41, 5.74) is 8.03. The first-order chi connectivity index (χ1) is 11.1. The van der Waals surface area contributed by atoms with E-state index in [1.165, 1.54) is 5.52 Å². The standard InChI is InChI=1S/C18H26N4O/c1-3-17-20-15-6-4-5-7-16(15)22(17)14-8-10-21(11-9-14)18(23)12-13(2)19/h4-7,13-14H,3,8-12,19H2,1-2H3. The molecule has 1 amide bonds. The highest BCUT2D eigenvalue weighted by molar-refractivity contribution is 5.77. The van der Waals surface area contributed by atoms with Gasteiger partial charge in [0.05, 0.1) is 11.0 Å². The van der Waals surface area contributed by atoms with Gasteiger partial charge in [-0.25, -0.2) is 4.98 Å². The lowest BCUT2D eigenvalue weighted by molar-refractivity contribution is -0.132. The summed E-state index contributed by atoms with van der Waals surface area (Å²) in [5.74, 6) is 1.33. The van der Waals surface area contributed by atoms with Crippen molar-refractivity contribution in [2.75, 3.05) is 13.1 Å². The molecule has 0 radical (unpaired) electrons. The van der Waals surface area contributed by atoms with E-state index in [9.17, 15) is 4.79 Å². The zero-order valence-electron chi connectivity index (χ0n) is 14.0. The van der Waals surface area contributed by atoms with E-state index in [1.54, 1.807) is 0 Å². The van der Waals surface area contributed by atoms with Crippen molar-refractivity contribution in [3.05, 3.63) is 30.1 Å². The van der Waals surface area contributed by atoms with Crippen molar-refractivity contribution in [2.24, 2.45) is 5.73 Å². The van der Waals surface area contributed by atoms with Gasteiger partial charge in [0.15, 0.2) is 0 Å². The van der Waals surface area contributed by atoms with Crippen LogP contribution >= 0.6 is 0 Å².